The number of aryl methyl sites for hydroxylation is 1. The van der Waals surface area contributed by atoms with Crippen molar-refractivity contribution < 1.29 is 31.1 Å². The maximum absolute atomic E-state index is 13.5. The van der Waals surface area contributed by atoms with Crippen molar-refractivity contribution in [2.24, 2.45) is 0 Å². The highest BCUT2D eigenvalue weighted by Gasteiger charge is 2.54. The van der Waals surface area contributed by atoms with Gasteiger partial charge in [-0.1, -0.05) is 6.07 Å². The molecule has 0 unspecified atom stereocenters. The monoisotopic (exact) mass is 457 g/mol. The number of nitrogens with zero attached hydrogens (tertiary/aromatic N) is 2. The van der Waals surface area contributed by atoms with Crippen LogP contribution in [0.15, 0.2) is 35.2 Å². The van der Waals surface area contributed by atoms with Gasteiger partial charge >= 0.3 is 6.18 Å². The first-order valence-corrected chi connectivity index (χ1v) is 10.8. The van der Waals surface area contributed by atoms with Gasteiger partial charge in [0.25, 0.3) is 0 Å². The Morgan fingerprint density at radius 1 is 1.23 bits per heavy atom. The number of nitriles is 1. The van der Waals surface area contributed by atoms with Crippen LogP contribution < -0.4 is 4.72 Å². The van der Waals surface area contributed by atoms with Crippen LogP contribution in [0.5, 0.6) is 0 Å². The lowest BCUT2D eigenvalue weighted by atomic mass is 9.82. The number of halogens is 4. The van der Waals surface area contributed by atoms with E-state index < -0.39 is 46.5 Å². The number of alkyl halides is 3. The number of sulfonamides is 1. The van der Waals surface area contributed by atoms with E-state index in [-0.39, 0.29) is 23.4 Å². The van der Waals surface area contributed by atoms with E-state index in [2.05, 4.69) is 9.71 Å². The fourth-order valence-electron chi connectivity index (χ4n) is 3.55. The molecule has 1 fully saturated rings. The van der Waals surface area contributed by atoms with Gasteiger partial charge in [-0.25, -0.2) is 22.5 Å². The molecule has 1 aromatic carbocycles. The summed E-state index contributed by atoms with van der Waals surface area (Å²) in [6.07, 6.45) is -6.23. The summed E-state index contributed by atoms with van der Waals surface area (Å²) in [4.78, 5) is 3.83. The number of hydrogen-bond acceptors (Lipinski definition) is 5. The van der Waals surface area contributed by atoms with E-state index in [1.165, 1.54) is 24.3 Å². The van der Waals surface area contributed by atoms with Crippen molar-refractivity contribution >= 4 is 10.0 Å². The molecule has 0 saturated heterocycles. The Hall–Kier alpha value is -2.55. The van der Waals surface area contributed by atoms with Crippen molar-refractivity contribution in [3.63, 3.8) is 0 Å². The smallest absolute Gasteiger partial charge is 0.380 e. The fourth-order valence-corrected chi connectivity index (χ4v) is 4.94. The van der Waals surface area contributed by atoms with Crippen LogP contribution in [0.4, 0.5) is 17.6 Å². The molecule has 1 aliphatic rings. The molecule has 0 atom stereocenters. The van der Waals surface area contributed by atoms with Crippen LogP contribution in [0.25, 0.3) is 11.3 Å². The average Bonchev–Trinajstić information content (AvgIpc) is 2.69. The lowest BCUT2D eigenvalue weighted by Gasteiger charge is -2.37. The molecule has 1 aliphatic carbocycles. The second-order valence-electron chi connectivity index (χ2n) is 7.54. The number of aliphatic hydroxyl groups is 1. The molecule has 0 spiro atoms. The first-order chi connectivity index (χ1) is 14.4. The Morgan fingerprint density at radius 2 is 1.87 bits per heavy atom. The largest absolute Gasteiger partial charge is 0.417 e. The summed E-state index contributed by atoms with van der Waals surface area (Å²) in [6, 6.07) is 7.51. The van der Waals surface area contributed by atoms with Gasteiger partial charge in [-0.2, -0.15) is 18.4 Å². The molecular weight excluding hydrogens is 438 g/mol. The molecule has 0 radical (unpaired) electrons. The van der Waals surface area contributed by atoms with Crippen molar-refractivity contribution in [3.05, 3.63) is 47.4 Å². The lowest BCUT2D eigenvalue weighted by molar-refractivity contribution is -0.270. The third-order valence-electron chi connectivity index (χ3n) is 5.40. The van der Waals surface area contributed by atoms with Gasteiger partial charge in [0.05, 0.1) is 10.6 Å². The van der Waals surface area contributed by atoms with E-state index in [4.69, 9.17) is 5.26 Å². The minimum Gasteiger partial charge on any atom is -0.380 e. The van der Waals surface area contributed by atoms with Gasteiger partial charge in [0.2, 0.25) is 10.0 Å². The minimum atomic E-state index is -4.76. The number of benzene rings is 1. The summed E-state index contributed by atoms with van der Waals surface area (Å²) in [5, 5.41) is 18.6. The third kappa shape index (κ3) is 4.71. The molecule has 0 amide bonds. The molecule has 6 nitrogen and oxygen atoms in total. The van der Waals surface area contributed by atoms with Gasteiger partial charge in [0, 0.05) is 11.6 Å². The van der Waals surface area contributed by atoms with Crippen molar-refractivity contribution in [1.82, 2.24) is 9.71 Å². The topological polar surface area (TPSA) is 103 Å². The Labute approximate surface area is 176 Å². The van der Waals surface area contributed by atoms with E-state index in [0.717, 1.165) is 6.07 Å². The number of nitrogens with one attached hydrogen (secondary N) is 1. The normalized spacial score (nSPS) is 22.2. The predicted octanol–water partition coefficient (Wildman–Crippen LogP) is 3.58. The van der Waals surface area contributed by atoms with E-state index >= 15 is 0 Å². The third-order valence-corrected chi connectivity index (χ3v) is 6.92. The summed E-state index contributed by atoms with van der Waals surface area (Å²) in [5.74, 6) is -0.766. The molecule has 31 heavy (non-hydrogen) atoms. The molecule has 1 aromatic heterocycles. The van der Waals surface area contributed by atoms with Crippen LogP contribution in [-0.4, -0.2) is 36.3 Å². The molecule has 0 bridgehead atoms. The highest BCUT2D eigenvalue weighted by Crippen LogP contribution is 2.41. The van der Waals surface area contributed by atoms with Crippen LogP contribution in [0.3, 0.4) is 0 Å². The summed E-state index contributed by atoms with van der Waals surface area (Å²) >= 11 is 0. The van der Waals surface area contributed by atoms with E-state index in [1.54, 1.807) is 13.0 Å². The van der Waals surface area contributed by atoms with E-state index in [0.29, 0.717) is 16.8 Å². The molecule has 2 N–H and O–H groups in total. The molecule has 1 heterocycles. The number of pyridine rings is 1. The minimum absolute atomic E-state index is 0.0898. The fraction of sp³-hybridized carbons (Fsp3) is 0.400. The molecule has 11 heteroatoms. The lowest BCUT2D eigenvalue weighted by Crippen LogP contribution is -2.51. The zero-order valence-electron chi connectivity index (χ0n) is 16.4. The molecule has 3 rings (SSSR count). The average molecular weight is 457 g/mol. The molecule has 166 valence electrons. The number of rotatable bonds is 4. The zero-order valence-corrected chi connectivity index (χ0v) is 17.2. The summed E-state index contributed by atoms with van der Waals surface area (Å²) < 4.78 is 80.0. The first kappa shape index (κ1) is 23.1. The van der Waals surface area contributed by atoms with Gasteiger partial charge in [-0.05, 0) is 62.4 Å². The standard InChI is InChI=1S/C20H19F4N3O3S/c1-12-10-14(2-3-15(12)17-5-4-16(21)18(11-25)26-17)31(29,30)27-13-6-8-19(28,9-7-13)20(22,23)24/h2-5,10,13,27-28H,6-9H2,1H3. The van der Waals surface area contributed by atoms with Gasteiger partial charge in [-0.15, -0.1) is 0 Å². The number of aromatic nitrogens is 1. The summed E-state index contributed by atoms with van der Waals surface area (Å²) in [5.41, 5.74) is -1.88. The molecular formula is C20H19F4N3O3S. The highest BCUT2D eigenvalue weighted by molar-refractivity contribution is 7.89. The van der Waals surface area contributed by atoms with Crippen LogP contribution in [0, 0.1) is 24.1 Å². The number of hydrogen-bond donors (Lipinski definition) is 2. The van der Waals surface area contributed by atoms with Gasteiger partial charge in [0.1, 0.15) is 6.07 Å². The quantitative estimate of drug-likeness (QED) is 0.684. The van der Waals surface area contributed by atoms with E-state index in [1.807, 2.05) is 0 Å². The highest BCUT2D eigenvalue weighted by atomic mass is 32.2. The van der Waals surface area contributed by atoms with Crippen LogP contribution in [0.2, 0.25) is 0 Å². The zero-order chi connectivity index (χ0) is 23.0. The summed E-state index contributed by atoms with van der Waals surface area (Å²) in [6.45, 7) is 1.62. The van der Waals surface area contributed by atoms with Gasteiger partial charge in [0.15, 0.2) is 17.1 Å². The van der Waals surface area contributed by atoms with Gasteiger partial charge in [-0.3, -0.25) is 0 Å². The van der Waals surface area contributed by atoms with Crippen LogP contribution in [0.1, 0.15) is 36.9 Å². The van der Waals surface area contributed by atoms with Crippen molar-refractivity contribution in [2.45, 2.75) is 55.3 Å². The maximum atomic E-state index is 13.5. The Morgan fingerprint density at radius 3 is 2.42 bits per heavy atom. The second-order valence-corrected chi connectivity index (χ2v) is 9.25. The SMILES string of the molecule is Cc1cc(S(=O)(=O)NC2CCC(O)(C(F)(F)F)CC2)ccc1-c1ccc(F)c(C#N)n1. The Kier molecular flexibility index (Phi) is 6.10. The maximum Gasteiger partial charge on any atom is 0.417 e. The molecule has 1 saturated carbocycles. The Balaban J connectivity index is 1.77. The van der Waals surface area contributed by atoms with Gasteiger partial charge < -0.3 is 5.11 Å². The summed E-state index contributed by atoms with van der Waals surface area (Å²) in [7, 11) is -4.02. The van der Waals surface area contributed by atoms with Crippen LogP contribution in [-0.2, 0) is 10.0 Å². The van der Waals surface area contributed by atoms with Crippen molar-refractivity contribution in [2.75, 3.05) is 0 Å². The molecule has 2 aromatic rings. The predicted molar refractivity (Wildman–Crippen MR) is 103 cm³/mol. The van der Waals surface area contributed by atoms with E-state index in [9.17, 15) is 31.1 Å². The van der Waals surface area contributed by atoms with Crippen LogP contribution >= 0.6 is 0 Å². The molecule has 0 aliphatic heterocycles. The first-order valence-electron chi connectivity index (χ1n) is 9.35. The van der Waals surface area contributed by atoms with Crippen molar-refractivity contribution in [1.29, 1.82) is 5.26 Å². The Bertz CT molecular complexity index is 1140. The van der Waals surface area contributed by atoms with Crippen molar-refractivity contribution in [3.8, 4) is 17.3 Å². The second kappa shape index (κ2) is 8.18.